The van der Waals surface area contributed by atoms with E-state index in [1.54, 1.807) is 0 Å². The molecule has 6 nitrogen and oxygen atoms in total. The Hall–Kier alpha value is -1.37. The van der Waals surface area contributed by atoms with Gasteiger partial charge in [-0.3, -0.25) is 4.79 Å². The molecule has 1 amide bonds. The van der Waals surface area contributed by atoms with Crippen molar-refractivity contribution in [1.29, 1.82) is 0 Å². The minimum absolute atomic E-state index is 0. The number of amides is 1. The first-order valence-corrected chi connectivity index (χ1v) is 9.98. The van der Waals surface area contributed by atoms with Gasteiger partial charge in [0, 0.05) is 18.8 Å². The Labute approximate surface area is 186 Å². The van der Waals surface area contributed by atoms with Crippen LogP contribution in [0.3, 0.4) is 0 Å². The van der Waals surface area contributed by atoms with Gasteiger partial charge in [0.2, 0.25) is 0 Å². The molecule has 3 rings (SSSR count). The van der Waals surface area contributed by atoms with Gasteiger partial charge < -0.3 is 10.2 Å². The smallest absolute Gasteiger partial charge is 0.254 e. The van der Waals surface area contributed by atoms with Crippen LogP contribution in [0.15, 0.2) is 6.07 Å². The molecule has 1 fully saturated rings. The fraction of sp³-hybridized carbons (Fsp3) is 0.667. The lowest BCUT2D eigenvalue weighted by Gasteiger charge is -2.21. The molecule has 0 saturated carbocycles. The number of hydrogen-bond donors (Lipinski definition) is 1. The fourth-order valence-electron chi connectivity index (χ4n) is 3.88. The molecule has 1 saturated heterocycles. The number of halogens is 2. The summed E-state index contributed by atoms with van der Waals surface area (Å²) in [6.07, 6.45) is 1.05. The molecule has 0 spiro atoms. The molecular formula is C21H35Cl2N5O. The molecule has 29 heavy (non-hydrogen) atoms. The summed E-state index contributed by atoms with van der Waals surface area (Å²) < 4.78 is 1.97. The monoisotopic (exact) mass is 443 g/mol. The summed E-state index contributed by atoms with van der Waals surface area (Å²) in [5.41, 5.74) is 3.20. The van der Waals surface area contributed by atoms with E-state index in [9.17, 15) is 4.79 Å². The van der Waals surface area contributed by atoms with Crippen molar-refractivity contribution < 1.29 is 4.79 Å². The SMILES string of the molecule is CNCC1CCN(C(=O)c2cc(C(C)C)nc3c2c(C)nn3C(C)(C)C)C1.Cl.Cl. The van der Waals surface area contributed by atoms with Gasteiger partial charge in [0.1, 0.15) is 0 Å². The molecule has 2 aromatic heterocycles. The van der Waals surface area contributed by atoms with Gasteiger partial charge in [-0.2, -0.15) is 5.10 Å². The van der Waals surface area contributed by atoms with Crippen LogP contribution in [0.2, 0.25) is 0 Å². The normalized spacial score (nSPS) is 16.8. The molecule has 0 bridgehead atoms. The number of hydrogen-bond acceptors (Lipinski definition) is 4. The Morgan fingerprint density at radius 3 is 2.52 bits per heavy atom. The topological polar surface area (TPSA) is 63.1 Å². The molecule has 2 aromatic rings. The third-order valence-electron chi connectivity index (χ3n) is 5.36. The average molecular weight is 444 g/mol. The highest BCUT2D eigenvalue weighted by Gasteiger charge is 2.30. The van der Waals surface area contributed by atoms with Crippen molar-refractivity contribution in [2.45, 2.75) is 59.4 Å². The maximum Gasteiger partial charge on any atom is 0.254 e. The van der Waals surface area contributed by atoms with Crippen molar-refractivity contribution in [2.24, 2.45) is 5.92 Å². The second-order valence-electron chi connectivity index (χ2n) is 9.08. The van der Waals surface area contributed by atoms with Gasteiger partial charge in [-0.05, 0) is 65.6 Å². The lowest BCUT2D eigenvalue weighted by atomic mass is 10.0. The predicted octanol–water partition coefficient (Wildman–Crippen LogP) is 4.14. The maximum absolute atomic E-state index is 13.4. The molecule has 0 aromatic carbocycles. The Morgan fingerprint density at radius 2 is 1.97 bits per heavy atom. The van der Waals surface area contributed by atoms with Crippen LogP contribution in [-0.4, -0.2) is 52.3 Å². The quantitative estimate of drug-likeness (QED) is 0.770. The number of pyridine rings is 1. The van der Waals surface area contributed by atoms with Crippen LogP contribution in [-0.2, 0) is 5.54 Å². The first-order valence-electron chi connectivity index (χ1n) is 9.98. The summed E-state index contributed by atoms with van der Waals surface area (Å²) in [5.74, 6) is 0.888. The Kier molecular flexibility index (Phi) is 8.52. The number of carbonyl (C=O) groups excluding carboxylic acids is 1. The maximum atomic E-state index is 13.4. The van der Waals surface area contributed by atoms with E-state index in [-0.39, 0.29) is 42.2 Å². The van der Waals surface area contributed by atoms with Gasteiger partial charge in [0.25, 0.3) is 5.91 Å². The highest BCUT2D eigenvalue weighted by Crippen LogP contribution is 2.30. The second-order valence-corrected chi connectivity index (χ2v) is 9.08. The first kappa shape index (κ1) is 25.7. The van der Waals surface area contributed by atoms with Gasteiger partial charge >= 0.3 is 0 Å². The third kappa shape index (κ3) is 5.04. The fourth-order valence-corrected chi connectivity index (χ4v) is 3.88. The molecule has 1 unspecified atom stereocenters. The average Bonchev–Trinajstić information content (AvgIpc) is 3.18. The van der Waals surface area contributed by atoms with E-state index in [1.165, 1.54) is 0 Å². The van der Waals surface area contributed by atoms with Crippen LogP contribution >= 0.6 is 24.8 Å². The second kappa shape index (κ2) is 9.63. The number of rotatable bonds is 4. The van der Waals surface area contributed by atoms with Gasteiger partial charge in [0.15, 0.2) is 5.65 Å². The van der Waals surface area contributed by atoms with E-state index in [0.29, 0.717) is 5.92 Å². The largest absolute Gasteiger partial charge is 0.338 e. The summed E-state index contributed by atoms with van der Waals surface area (Å²) >= 11 is 0. The molecule has 1 aliphatic rings. The van der Waals surface area contributed by atoms with E-state index in [2.05, 4.69) is 39.9 Å². The van der Waals surface area contributed by atoms with Gasteiger partial charge in [-0.1, -0.05) is 13.8 Å². The zero-order valence-corrected chi connectivity index (χ0v) is 20.2. The number of fused-ring (bicyclic) bond motifs is 1. The van der Waals surface area contributed by atoms with Crippen LogP contribution in [0, 0.1) is 12.8 Å². The van der Waals surface area contributed by atoms with Crippen LogP contribution < -0.4 is 5.32 Å². The van der Waals surface area contributed by atoms with Crippen molar-refractivity contribution in [3.63, 3.8) is 0 Å². The minimum Gasteiger partial charge on any atom is -0.338 e. The van der Waals surface area contributed by atoms with E-state index in [0.717, 1.165) is 54.0 Å². The van der Waals surface area contributed by atoms with E-state index in [4.69, 9.17) is 10.1 Å². The van der Waals surface area contributed by atoms with Crippen LogP contribution in [0.1, 0.15) is 68.7 Å². The summed E-state index contributed by atoms with van der Waals surface area (Å²) in [6, 6.07) is 1.99. The van der Waals surface area contributed by atoms with Gasteiger partial charge in [0.05, 0.1) is 22.2 Å². The highest BCUT2D eigenvalue weighted by molar-refractivity contribution is 6.06. The molecule has 3 heterocycles. The van der Waals surface area contributed by atoms with Gasteiger partial charge in [-0.25, -0.2) is 9.67 Å². The molecule has 1 aliphatic heterocycles. The van der Waals surface area contributed by atoms with Crippen LogP contribution in [0.5, 0.6) is 0 Å². The van der Waals surface area contributed by atoms with E-state index >= 15 is 0 Å². The first-order chi connectivity index (χ1) is 12.6. The number of nitrogens with one attached hydrogen (secondary N) is 1. The van der Waals surface area contributed by atoms with E-state index < -0.39 is 0 Å². The van der Waals surface area contributed by atoms with E-state index in [1.807, 2.05) is 29.6 Å². The number of aryl methyl sites for hydroxylation is 1. The van der Waals surface area contributed by atoms with Crippen LogP contribution in [0.25, 0.3) is 11.0 Å². The molecule has 8 heteroatoms. The Bertz CT molecular complexity index is 857. The highest BCUT2D eigenvalue weighted by atomic mass is 35.5. The number of aromatic nitrogens is 3. The summed E-state index contributed by atoms with van der Waals surface area (Å²) in [7, 11) is 1.97. The molecule has 1 N–H and O–H groups in total. The molecule has 0 aliphatic carbocycles. The Balaban J connectivity index is 0.00000210. The van der Waals surface area contributed by atoms with Crippen molar-refractivity contribution in [2.75, 3.05) is 26.7 Å². The third-order valence-corrected chi connectivity index (χ3v) is 5.36. The molecule has 0 radical (unpaired) electrons. The number of nitrogens with zero attached hydrogens (tertiary/aromatic N) is 4. The summed E-state index contributed by atoms with van der Waals surface area (Å²) in [5, 5.41) is 8.88. The zero-order valence-electron chi connectivity index (χ0n) is 18.6. The lowest BCUT2D eigenvalue weighted by molar-refractivity contribution is 0.0789. The molecule has 1 atom stereocenters. The molecular weight excluding hydrogens is 409 g/mol. The van der Waals surface area contributed by atoms with Crippen molar-refractivity contribution in [1.82, 2.24) is 25.0 Å². The predicted molar refractivity (Wildman–Crippen MR) is 124 cm³/mol. The number of likely N-dealkylation sites (tertiary alicyclic amines) is 1. The summed E-state index contributed by atoms with van der Waals surface area (Å²) in [6.45, 7) is 15.1. The van der Waals surface area contributed by atoms with Crippen molar-refractivity contribution in [3.05, 3.63) is 23.0 Å². The van der Waals surface area contributed by atoms with Crippen molar-refractivity contribution >= 4 is 41.8 Å². The zero-order chi connectivity index (χ0) is 19.9. The lowest BCUT2D eigenvalue weighted by Crippen LogP contribution is -2.31. The van der Waals surface area contributed by atoms with Crippen LogP contribution in [0.4, 0.5) is 0 Å². The van der Waals surface area contributed by atoms with Crippen molar-refractivity contribution in [3.8, 4) is 0 Å². The number of carbonyl (C=O) groups is 1. The molecule has 164 valence electrons. The Morgan fingerprint density at radius 1 is 1.31 bits per heavy atom. The van der Waals surface area contributed by atoms with Gasteiger partial charge in [-0.15, -0.1) is 24.8 Å². The minimum atomic E-state index is -0.193. The summed E-state index contributed by atoms with van der Waals surface area (Å²) in [4.78, 5) is 20.3. The standard InChI is InChI=1S/C21H33N5O.2ClH/c1-13(2)17-10-16(20(27)25-9-8-15(12-25)11-22-7)18-14(3)24-26(19(18)23-17)21(4,5)6;;/h10,13,15,22H,8-9,11-12H2,1-7H3;2*1H.